The van der Waals surface area contributed by atoms with Gasteiger partial charge in [-0.3, -0.25) is 9.78 Å². The van der Waals surface area contributed by atoms with Crippen molar-refractivity contribution >= 4 is 32.5 Å². The standard InChI is InChI=1S/C11H8BrN5O/c12-6-4-14-17(5-6)11-15-9-2-1-7(13)3-8(9)10(18)16-11/h1-5H,13H2,(H,15,16,18). The zero-order valence-electron chi connectivity index (χ0n) is 9.09. The average Bonchev–Trinajstić information content (AvgIpc) is 2.77. The minimum atomic E-state index is -0.242. The number of anilines is 1. The SMILES string of the molecule is Nc1ccc2nc(-n3cc(Br)cn3)[nH]c(=O)c2c1. The number of halogens is 1. The number of nitrogens with one attached hydrogen (secondary N) is 1. The maximum atomic E-state index is 11.9. The van der Waals surface area contributed by atoms with E-state index in [1.807, 2.05) is 0 Å². The van der Waals surface area contributed by atoms with E-state index in [0.717, 1.165) is 4.47 Å². The summed E-state index contributed by atoms with van der Waals surface area (Å²) in [5, 5.41) is 4.53. The first-order valence-electron chi connectivity index (χ1n) is 5.13. The van der Waals surface area contributed by atoms with E-state index in [4.69, 9.17) is 5.73 Å². The molecule has 2 heterocycles. The molecule has 0 aliphatic heterocycles. The largest absolute Gasteiger partial charge is 0.399 e. The molecule has 0 saturated heterocycles. The van der Waals surface area contributed by atoms with Crippen molar-refractivity contribution in [2.45, 2.75) is 0 Å². The number of aromatic amines is 1. The first-order valence-corrected chi connectivity index (χ1v) is 5.93. The molecule has 0 aliphatic carbocycles. The lowest BCUT2D eigenvalue weighted by molar-refractivity contribution is 0.810. The van der Waals surface area contributed by atoms with Gasteiger partial charge in [-0.1, -0.05) is 0 Å². The summed E-state index contributed by atoms with van der Waals surface area (Å²) in [6.45, 7) is 0. The van der Waals surface area contributed by atoms with Gasteiger partial charge < -0.3 is 5.73 Å². The lowest BCUT2D eigenvalue weighted by atomic mass is 10.2. The predicted molar refractivity (Wildman–Crippen MR) is 71.6 cm³/mol. The first kappa shape index (κ1) is 11.0. The van der Waals surface area contributed by atoms with Crippen molar-refractivity contribution in [3.8, 4) is 5.95 Å². The predicted octanol–water partition coefficient (Wildman–Crippen LogP) is 1.45. The lowest BCUT2D eigenvalue weighted by Gasteiger charge is -2.02. The van der Waals surface area contributed by atoms with Crippen LogP contribution in [0.15, 0.2) is 39.9 Å². The lowest BCUT2D eigenvalue weighted by Crippen LogP contribution is -2.14. The van der Waals surface area contributed by atoms with Crippen LogP contribution in [0.5, 0.6) is 0 Å². The summed E-state index contributed by atoms with van der Waals surface area (Å²) in [6.07, 6.45) is 3.33. The van der Waals surface area contributed by atoms with Gasteiger partial charge in [0.15, 0.2) is 0 Å². The van der Waals surface area contributed by atoms with Crippen molar-refractivity contribution in [1.82, 2.24) is 19.7 Å². The number of benzene rings is 1. The fraction of sp³-hybridized carbons (Fsp3) is 0. The summed E-state index contributed by atoms with van der Waals surface area (Å²) >= 11 is 3.29. The number of fused-ring (bicyclic) bond motifs is 1. The van der Waals surface area contributed by atoms with Crippen molar-refractivity contribution in [2.24, 2.45) is 0 Å². The number of aromatic nitrogens is 4. The molecule has 0 atom stereocenters. The summed E-state index contributed by atoms with van der Waals surface area (Å²) in [5.41, 5.74) is 6.51. The van der Waals surface area contributed by atoms with Crippen LogP contribution in [-0.4, -0.2) is 19.7 Å². The Labute approximate surface area is 110 Å². The van der Waals surface area contributed by atoms with Crippen LogP contribution in [0.4, 0.5) is 5.69 Å². The Morgan fingerprint density at radius 3 is 2.94 bits per heavy atom. The molecule has 3 N–H and O–H groups in total. The van der Waals surface area contributed by atoms with Crippen LogP contribution in [0.25, 0.3) is 16.9 Å². The van der Waals surface area contributed by atoms with Crippen LogP contribution >= 0.6 is 15.9 Å². The fourth-order valence-corrected chi connectivity index (χ4v) is 1.95. The van der Waals surface area contributed by atoms with Crippen molar-refractivity contribution in [2.75, 3.05) is 5.73 Å². The second-order valence-corrected chi connectivity index (χ2v) is 4.68. The molecule has 7 heteroatoms. The summed E-state index contributed by atoms with van der Waals surface area (Å²) in [5.74, 6) is 0.364. The van der Waals surface area contributed by atoms with Crippen molar-refractivity contribution in [3.05, 3.63) is 45.4 Å². The summed E-state index contributed by atoms with van der Waals surface area (Å²) in [6, 6.07) is 5.02. The molecular weight excluding hydrogens is 298 g/mol. The van der Waals surface area contributed by atoms with E-state index in [1.165, 1.54) is 4.68 Å². The Kier molecular flexibility index (Phi) is 2.41. The zero-order valence-corrected chi connectivity index (χ0v) is 10.7. The van der Waals surface area contributed by atoms with Crippen LogP contribution < -0.4 is 11.3 Å². The van der Waals surface area contributed by atoms with E-state index in [0.29, 0.717) is 22.5 Å². The van der Waals surface area contributed by atoms with Gasteiger partial charge in [0.25, 0.3) is 5.56 Å². The van der Waals surface area contributed by atoms with Gasteiger partial charge in [0.05, 0.1) is 21.6 Å². The van der Waals surface area contributed by atoms with Gasteiger partial charge in [-0.05, 0) is 34.1 Å². The Morgan fingerprint density at radius 2 is 2.22 bits per heavy atom. The van der Waals surface area contributed by atoms with E-state index in [-0.39, 0.29) is 5.56 Å². The fourth-order valence-electron chi connectivity index (χ4n) is 1.67. The van der Waals surface area contributed by atoms with E-state index in [1.54, 1.807) is 30.6 Å². The van der Waals surface area contributed by atoms with Gasteiger partial charge in [-0.25, -0.2) is 9.67 Å². The normalized spacial score (nSPS) is 10.9. The molecule has 6 nitrogen and oxygen atoms in total. The molecule has 3 rings (SSSR count). The van der Waals surface area contributed by atoms with Crippen molar-refractivity contribution < 1.29 is 0 Å². The van der Waals surface area contributed by atoms with Crippen molar-refractivity contribution in [1.29, 1.82) is 0 Å². The maximum Gasteiger partial charge on any atom is 0.260 e. The molecule has 0 radical (unpaired) electrons. The van der Waals surface area contributed by atoms with E-state index in [2.05, 4.69) is 31.0 Å². The zero-order chi connectivity index (χ0) is 12.7. The molecule has 18 heavy (non-hydrogen) atoms. The molecule has 1 aromatic carbocycles. The molecule has 3 aromatic rings. The molecule has 90 valence electrons. The number of H-pyrrole nitrogens is 1. The third-order valence-corrected chi connectivity index (χ3v) is 2.89. The van der Waals surface area contributed by atoms with Crippen LogP contribution in [0.3, 0.4) is 0 Å². The van der Waals surface area contributed by atoms with Crippen LogP contribution in [0.2, 0.25) is 0 Å². The summed E-state index contributed by atoms with van der Waals surface area (Å²) in [7, 11) is 0. The minimum Gasteiger partial charge on any atom is -0.399 e. The van der Waals surface area contributed by atoms with E-state index < -0.39 is 0 Å². The van der Waals surface area contributed by atoms with Crippen LogP contribution in [0, 0.1) is 0 Å². The van der Waals surface area contributed by atoms with Gasteiger partial charge in [-0.2, -0.15) is 5.10 Å². The summed E-state index contributed by atoms with van der Waals surface area (Å²) < 4.78 is 2.30. The number of rotatable bonds is 1. The van der Waals surface area contributed by atoms with Crippen LogP contribution in [-0.2, 0) is 0 Å². The third kappa shape index (κ3) is 1.78. The molecule has 0 amide bonds. The molecule has 0 unspecified atom stereocenters. The van der Waals surface area contributed by atoms with Gasteiger partial charge in [0, 0.05) is 11.9 Å². The van der Waals surface area contributed by atoms with Gasteiger partial charge >= 0.3 is 0 Å². The number of nitrogen functional groups attached to an aromatic ring is 1. The number of hydrogen-bond donors (Lipinski definition) is 2. The molecule has 0 bridgehead atoms. The second kappa shape index (κ2) is 3.95. The number of nitrogens with zero attached hydrogens (tertiary/aromatic N) is 3. The Hall–Kier alpha value is -2.15. The van der Waals surface area contributed by atoms with Gasteiger partial charge in [-0.15, -0.1) is 0 Å². The highest BCUT2D eigenvalue weighted by Gasteiger charge is 2.06. The maximum absolute atomic E-state index is 11.9. The highest BCUT2D eigenvalue weighted by molar-refractivity contribution is 9.10. The Morgan fingerprint density at radius 1 is 1.39 bits per heavy atom. The van der Waals surface area contributed by atoms with E-state index >= 15 is 0 Å². The molecule has 2 aromatic heterocycles. The molecule has 0 aliphatic rings. The Bertz CT molecular complexity index is 791. The van der Waals surface area contributed by atoms with E-state index in [9.17, 15) is 4.79 Å². The highest BCUT2D eigenvalue weighted by atomic mass is 79.9. The van der Waals surface area contributed by atoms with Crippen molar-refractivity contribution in [3.63, 3.8) is 0 Å². The first-order chi connectivity index (χ1) is 8.63. The number of hydrogen-bond acceptors (Lipinski definition) is 4. The number of nitrogens with two attached hydrogens (primary N) is 1. The Balaban J connectivity index is 2.28. The molecule has 0 fully saturated rings. The van der Waals surface area contributed by atoms with Gasteiger partial charge in [0.2, 0.25) is 5.95 Å². The molecular formula is C11H8BrN5O. The quantitative estimate of drug-likeness (QED) is 0.666. The topological polar surface area (TPSA) is 89.6 Å². The average molecular weight is 306 g/mol. The minimum absolute atomic E-state index is 0.242. The molecule has 0 saturated carbocycles. The summed E-state index contributed by atoms with van der Waals surface area (Å²) in [4.78, 5) is 18.9. The monoisotopic (exact) mass is 305 g/mol. The highest BCUT2D eigenvalue weighted by Crippen LogP contribution is 2.13. The third-order valence-electron chi connectivity index (χ3n) is 2.49. The smallest absolute Gasteiger partial charge is 0.260 e. The van der Waals surface area contributed by atoms with Crippen LogP contribution in [0.1, 0.15) is 0 Å². The molecule has 0 spiro atoms. The second-order valence-electron chi connectivity index (χ2n) is 3.77. The van der Waals surface area contributed by atoms with Gasteiger partial charge in [0.1, 0.15) is 0 Å².